The largest absolute Gasteiger partial charge is 0.369 e. The second-order valence-electron chi connectivity index (χ2n) is 5.99. The average molecular weight is 328 g/mol. The topological polar surface area (TPSA) is 73.3 Å². The van der Waals surface area contributed by atoms with Crippen LogP contribution in [0.4, 0.5) is 17.7 Å². The molecule has 1 fully saturated rings. The molecule has 1 aliphatic heterocycles. The van der Waals surface area contributed by atoms with Gasteiger partial charge in [-0.3, -0.25) is 0 Å². The van der Waals surface area contributed by atoms with E-state index in [-0.39, 0.29) is 0 Å². The first-order valence-corrected chi connectivity index (χ1v) is 8.21. The van der Waals surface area contributed by atoms with Crippen LogP contribution in [0, 0.1) is 0 Å². The van der Waals surface area contributed by atoms with Gasteiger partial charge in [-0.25, -0.2) is 15.0 Å². The van der Waals surface area contributed by atoms with Gasteiger partial charge in [0.05, 0.1) is 0 Å². The Kier molecular flexibility index (Phi) is 5.37. The van der Waals surface area contributed by atoms with Crippen LogP contribution < -0.4 is 15.1 Å². The molecule has 24 heavy (non-hydrogen) atoms. The molecule has 3 heterocycles. The fourth-order valence-corrected chi connectivity index (χ4v) is 2.57. The van der Waals surface area contributed by atoms with Gasteiger partial charge in [-0.1, -0.05) is 0 Å². The van der Waals surface area contributed by atoms with E-state index in [0.717, 1.165) is 57.0 Å². The summed E-state index contributed by atoms with van der Waals surface area (Å²) in [5.41, 5.74) is 0. The van der Waals surface area contributed by atoms with Crippen molar-refractivity contribution in [3.8, 4) is 0 Å². The molecule has 0 radical (unpaired) electrons. The minimum atomic E-state index is 0.776. The van der Waals surface area contributed by atoms with Crippen molar-refractivity contribution in [3.05, 3.63) is 30.7 Å². The smallest absolute Gasteiger partial charge is 0.227 e. The van der Waals surface area contributed by atoms with Crippen molar-refractivity contribution in [2.24, 2.45) is 0 Å². The third kappa shape index (κ3) is 4.29. The summed E-state index contributed by atoms with van der Waals surface area (Å²) in [6.07, 6.45) is 5.37. The highest BCUT2D eigenvalue weighted by atomic mass is 15.4. The van der Waals surface area contributed by atoms with E-state index in [4.69, 9.17) is 0 Å². The molecule has 1 aliphatic rings. The molecule has 0 atom stereocenters. The fraction of sp³-hybridized carbons (Fsp3) is 0.500. The van der Waals surface area contributed by atoms with Crippen molar-refractivity contribution in [1.29, 1.82) is 0 Å². The average Bonchev–Trinajstić information content (AvgIpc) is 2.63. The highest BCUT2D eigenvalue weighted by molar-refractivity contribution is 5.43. The third-order valence-electron chi connectivity index (χ3n) is 3.91. The molecule has 3 rings (SSSR count). The second-order valence-corrected chi connectivity index (χ2v) is 5.99. The zero-order valence-electron chi connectivity index (χ0n) is 14.3. The molecule has 128 valence electrons. The van der Waals surface area contributed by atoms with Gasteiger partial charge in [-0.2, -0.15) is 4.98 Å². The predicted octanol–water partition coefficient (Wildman–Crippen LogP) is 0.567. The lowest BCUT2D eigenvalue weighted by molar-refractivity contribution is 0.425. The second kappa shape index (κ2) is 7.87. The summed E-state index contributed by atoms with van der Waals surface area (Å²) in [6, 6.07) is 3.75. The van der Waals surface area contributed by atoms with Gasteiger partial charge in [-0.15, -0.1) is 0 Å². The SMILES string of the molecule is CN(C)CCNc1ccnc(N2CCN(c3ncccn3)CC2)n1. The van der Waals surface area contributed by atoms with Gasteiger partial charge in [0.1, 0.15) is 5.82 Å². The van der Waals surface area contributed by atoms with Gasteiger partial charge in [0, 0.05) is 57.9 Å². The molecular weight excluding hydrogens is 304 g/mol. The molecule has 8 heteroatoms. The maximum Gasteiger partial charge on any atom is 0.227 e. The minimum absolute atomic E-state index is 0.776. The maximum atomic E-state index is 4.63. The van der Waals surface area contributed by atoms with Crippen LogP contribution in [0.3, 0.4) is 0 Å². The Bertz CT molecular complexity index is 625. The van der Waals surface area contributed by atoms with Crippen molar-refractivity contribution in [2.45, 2.75) is 0 Å². The number of likely N-dealkylation sites (N-methyl/N-ethyl adjacent to an activating group) is 1. The van der Waals surface area contributed by atoms with Crippen molar-refractivity contribution >= 4 is 17.7 Å². The molecular formula is C16H24N8. The molecule has 0 unspecified atom stereocenters. The van der Waals surface area contributed by atoms with Crippen LogP contribution in [-0.4, -0.2) is 78.2 Å². The molecule has 8 nitrogen and oxygen atoms in total. The van der Waals surface area contributed by atoms with E-state index in [9.17, 15) is 0 Å². The lowest BCUT2D eigenvalue weighted by Gasteiger charge is -2.34. The molecule has 2 aromatic heterocycles. The number of hydrogen-bond acceptors (Lipinski definition) is 8. The summed E-state index contributed by atoms with van der Waals surface area (Å²) in [7, 11) is 4.12. The number of piperazine rings is 1. The first-order valence-electron chi connectivity index (χ1n) is 8.21. The van der Waals surface area contributed by atoms with Crippen molar-refractivity contribution in [3.63, 3.8) is 0 Å². The van der Waals surface area contributed by atoms with Crippen LogP contribution in [0.2, 0.25) is 0 Å². The Morgan fingerprint density at radius 3 is 2.25 bits per heavy atom. The van der Waals surface area contributed by atoms with Crippen LogP contribution >= 0.6 is 0 Å². The first-order chi connectivity index (χ1) is 11.7. The lowest BCUT2D eigenvalue weighted by Crippen LogP contribution is -2.47. The summed E-state index contributed by atoms with van der Waals surface area (Å²) in [5.74, 6) is 2.44. The van der Waals surface area contributed by atoms with Gasteiger partial charge < -0.3 is 20.0 Å². The molecule has 0 aromatic carbocycles. The molecule has 2 aromatic rings. The van der Waals surface area contributed by atoms with Crippen LogP contribution in [0.1, 0.15) is 0 Å². The van der Waals surface area contributed by atoms with Crippen LogP contribution in [0.25, 0.3) is 0 Å². The monoisotopic (exact) mass is 328 g/mol. The normalized spacial score (nSPS) is 15.0. The number of aromatic nitrogens is 4. The Balaban J connectivity index is 1.56. The van der Waals surface area contributed by atoms with Crippen molar-refractivity contribution in [2.75, 3.05) is 68.5 Å². The summed E-state index contributed by atoms with van der Waals surface area (Å²) in [5, 5.41) is 3.34. The number of anilines is 3. The van der Waals surface area contributed by atoms with Gasteiger partial charge in [-0.05, 0) is 26.2 Å². The molecule has 1 saturated heterocycles. The first kappa shape index (κ1) is 16.4. The zero-order valence-corrected chi connectivity index (χ0v) is 14.3. The van der Waals surface area contributed by atoms with E-state index in [1.54, 1.807) is 12.4 Å². The predicted molar refractivity (Wildman–Crippen MR) is 95.5 cm³/mol. The van der Waals surface area contributed by atoms with Gasteiger partial charge in [0.25, 0.3) is 0 Å². The lowest BCUT2D eigenvalue weighted by atomic mass is 10.3. The van der Waals surface area contributed by atoms with E-state index in [1.807, 2.05) is 18.3 Å². The van der Waals surface area contributed by atoms with Crippen LogP contribution in [0.5, 0.6) is 0 Å². The Labute approximate surface area is 142 Å². The summed E-state index contributed by atoms with van der Waals surface area (Å²) < 4.78 is 0. The Hall–Kier alpha value is -2.48. The highest BCUT2D eigenvalue weighted by Gasteiger charge is 2.20. The van der Waals surface area contributed by atoms with Crippen molar-refractivity contribution in [1.82, 2.24) is 24.8 Å². The minimum Gasteiger partial charge on any atom is -0.369 e. The molecule has 0 aliphatic carbocycles. The van der Waals surface area contributed by atoms with Gasteiger partial charge in [0.2, 0.25) is 11.9 Å². The molecule has 0 saturated carbocycles. The molecule has 1 N–H and O–H groups in total. The van der Waals surface area contributed by atoms with E-state index < -0.39 is 0 Å². The quantitative estimate of drug-likeness (QED) is 0.825. The molecule has 0 amide bonds. The third-order valence-corrected chi connectivity index (χ3v) is 3.91. The number of nitrogens with zero attached hydrogens (tertiary/aromatic N) is 7. The van der Waals surface area contributed by atoms with Gasteiger partial charge in [0.15, 0.2) is 0 Å². The van der Waals surface area contributed by atoms with E-state index in [2.05, 4.69) is 54.0 Å². The maximum absolute atomic E-state index is 4.63. The van der Waals surface area contributed by atoms with Gasteiger partial charge >= 0.3 is 0 Å². The number of nitrogens with one attached hydrogen (secondary N) is 1. The highest BCUT2D eigenvalue weighted by Crippen LogP contribution is 2.15. The van der Waals surface area contributed by atoms with Crippen molar-refractivity contribution < 1.29 is 0 Å². The van der Waals surface area contributed by atoms with E-state index in [0.29, 0.717) is 0 Å². The standard InChI is InChI=1S/C16H24N8/c1-22(2)9-8-17-14-4-7-20-16(21-14)24-12-10-23(11-13-24)15-18-5-3-6-19-15/h3-7H,8-13H2,1-2H3,(H,17,20,21). The number of hydrogen-bond donors (Lipinski definition) is 1. The number of rotatable bonds is 6. The van der Waals surface area contributed by atoms with E-state index in [1.165, 1.54) is 0 Å². The summed E-state index contributed by atoms with van der Waals surface area (Å²) >= 11 is 0. The molecule has 0 spiro atoms. The fourth-order valence-electron chi connectivity index (χ4n) is 2.57. The summed E-state index contributed by atoms with van der Waals surface area (Å²) in [4.78, 5) is 24.2. The van der Waals surface area contributed by atoms with Crippen LogP contribution in [-0.2, 0) is 0 Å². The summed E-state index contributed by atoms with van der Waals surface area (Å²) in [6.45, 7) is 5.29. The van der Waals surface area contributed by atoms with Crippen LogP contribution in [0.15, 0.2) is 30.7 Å². The Morgan fingerprint density at radius 2 is 1.58 bits per heavy atom. The zero-order chi connectivity index (χ0) is 16.8. The Morgan fingerprint density at radius 1 is 0.958 bits per heavy atom. The van der Waals surface area contributed by atoms with E-state index >= 15 is 0 Å². The molecule has 0 bridgehead atoms.